The van der Waals surface area contributed by atoms with Gasteiger partial charge in [-0.05, 0) is 37.3 Å². The lowest BCUT2D eigenvalue weighted by molar-refractivity contribution is 0.107. The third-order valence-electron chi connectivity index (χ3n) is 3.20. The summed E-state index contributed by atoms with van der Waals surface area (Å²) in [6, 6.07) is 8.54. The van der Waals surface area contributed by atoms with E-state index in [0.29, 0.717) is 6.10 Å². The Morgan fingerprint density at radius 1 is 1.38 bits per heavy atom. The largest absolute Gasteiger partial charge is 0.385 e. The Balaban J connectivity index is 1.79. The first-order valence-electron chi connectivity index (χ1n) is 6.33. The maximum Gasteiger partial charge on any atom is 0.0592 e. The number of nitrogens with one attached hydrogen (secondary N) is 1. The van der Waals surface area contributed by atoms with Crippen LogP contribution in [0.1, 0.15) is 31.7 Å². The van der Waals surface area contributed by atoms with Crippen molar-refractivity contribution >= 4 is 5.69 Å². The van der Waals surface area contributed by atoms with Crippen LogP contribution in [-0.4, -0.2) is 19.3 Å². The lowest BCUT2D eigenvalue weighted by atomic mass is 10.1. The molecule has 1 aliphatic heterocycles. The second-order valence-electron chi connectivity index (χ2n) is 4.36. The van der Waals surface area contributed by atoms with E-state index in [2.05, 4.69) is 36.5 Å². The molecular weight excluding hydrogens is 198 g/mol. The SMILES string of the molecule is CCc1ccccc1NCCC1CCCO1. The van der Waals surface area contributed by atoms with Gasteiger partial charge in [0, 0.05) is 18.8 Å². The molecule has 0 radical (unpaired) electrons. The lowest BCUT2D eigenvalue weighted by Gasteiger charge is -2.13. The van der Waals surface area contributed by atoms with Crippen molar-refractivity contribution in [2.75, 3.05) is 18.5 Å². The van der Waals surface area contributed by atoms with Gasteiger partial charge in [-0.1, -0.05) is 25.1 Å². The van der Waals surface area contributed by atoms with Crippen LogP contribution >= 0.6 is 0 Å². The van der Waals surface area contributed by atoms with Gasteiger partial charge in [0.15, 0.2) is 0 Å². The van der Waals surface area contributed by atoms with Crippen LogP contribution < -0.4 is 5.32 Å². The average molecular weight is 219 g/mol. The van der Waals surface area contributed by atoms with E-state index in [1.807, 2.05) is 0 Å². The highest BCUT2D eigenvalue weighted by atomic mass is 16.5. The topological polar surface area (TPSA) is 21.3 Å². The van der Waals surface area contributed by atoms with Gasteiger partial charge >= 0.3 is 0 Å². The molecule has 0 aromatic heterocycles. The van der Waals surface area contributed by atoms with E-state index in [9.17, 15) is 0 Å². The quantitative estimate of drug-likeness (QED) is 0.821. The monoisotopic (exact) mass is 219 g/mol. The lowest BCUT2D eigenvalue weighted by Crippen LogP contribution is -2.13. The van der Waals surface area contributed by atoms with Gasteiger partial charge in [0.25, 0.3) is 0 Å². The summed E-state index contributed by atoms with van der Waals surface area (Å²) >= 11 is 0. The zero-order valence-corrected chi connectivity index (χ0v) is 10.0. The Morgan fingerprint density at radius 3 is 3.00 bits per heavy atom. The van der Waals surface area contributed by atoms with Crippen molar-refractivity contribution in [1.29, 1.82) is 0 Å². The number of hydrogen-bond acceptors (Lipinski definition) is 2. The minimum atomic E-state index is 0.487. The van der Waals surface area contributed by atoms with Crippen LogP contribution in [0.25, 0.3) is 0 Å². The maximum absolute atomic E-state index is 5.61. The number of anilines is 1. The normalized spacial score (nSPS) is 19.9. The van der Waals surface area contributed by atoms with Gasteiger partial charge in [0.2, 0.25) is 0 Å². The highest BCUT2D eigenvalue weighted by Crippen LogP contribution is 2.18. The summed E-state index contributed by atoms with van der Waals surface area (Å²) in [4.78, 5) is 0. The predicted molar refractivity (Wildman–Crippen MR) is 67.9 cm³/mol. The second-order valence-corrected chi connectivity index (χ2v) is 4.36. The summed E-state index contributed by atoms with van der Waals surface area (Å²) < 4.78 is 5.61. The van der Waals surface area contributed by atoms with Crippen molar-refractivity contribution in [3.8, 4) is 0 Å². The van der Waals surface area contributed by atoms with Gasteiger partial charge in [-0.3, -0.25) is 0 Å². The van der Waals surface area contributed by atoms with E-state index in [4.69, 9.17) is 4.74 Å². The minimum absolute atomic E-state index is 0.487. The number of benzene rings is 1. The van der Waals surface area contributed by atoms with Crippen molar-refractivity contribution in [1.82, 2.24) is 0 Å². The van der Waals surface area contributed by atoms with Gasteiger partial charge in [-0.2, -0.15) is 0 Å². The van der Waals surface area contributed by atoms with Crippen LogP contribution in [0.5, 0.6) is 0 Å². The Hall–Kier alpha value is -1.02. The maximum atomic E-state index is 5.61. The van der Waals surface area contributed by atoms with Crippen LogP contribution in [0.4, 0.5) is 5.69 Å². The molecule has 1 saturated heterocycles. The van der Waals surface area contributed by atoms with Gasteiger partial charge in [0.1, 0.15) is 0 Å². The fourth-order valence-electron chi connectivity index (χ4n) is 2.24. The fraction of sp³-hybridized carbons (Fsp3) is 0.571. The molecule has 0 bridgehead atoms. The summed E-state index contributed by atoms with van der Waals surface area (Å²) in [5, 5.41) is 3.51. The molecule has 1 fully saturated rings. The number of aryl methyl sites for hydroxylation is 1. The van der Waals surface area contributed by atoms with E-state index in [1.165, 1.54) is 24.1 Å². The van der Waals surface area contributed by atoms with Crippen molar-refractivity contribution in [2.45, 2.75) is 38.7 Å². The van der Waals surface area contributed by atoms with E-state index in [0.717, 1.165) is 26.0 Å². The van der Waals surface area contributed by atoms with E-state index >= 15 is 0 Å². The third-order valence-corrected chi connectivity index (χ3v) is 3.20. The molecule has 0 spiro atoms. The first kappa shape index (κ1) is 11.5. The van der Waals surface area contributed by atoms with Crippen LogP contribution in [0, 0.1) is 0 Å². The van der Waals surface area contributed by atoms with Crippen molar-refractivity contribution in [3.63, 3.8) is 0 Å². The summed E-state index contributed by atoms with van der Waals surface area (Å²) in [6.07, 6.45) is 5.16. The van der Waals surface area contributed by atoms with Gasteiger partial charge < -0.3 is 10.1 Å². The first-order valence-corrected chi connectivity index (χ1v) is 6.33. The highest BCUT2D eigenvalue weighted by molar-refractivity contribution is 5.50. The Labute approximate surface area is 98.0 Å². The molecule has 1 aliphatic rings. The summed E-state index contributed by atoms with van der Waals surface area (Å²) in [6.45, 7) is 4.17. The number of para-hydroxylation sites is 1. The number of ether oxygens (including phenoxy) is 1. The molecular formula is C14H21NO. The Morgan fingerprint density at radius 2 is 2.25 bits per heavy atom. The molecule has 2 rings (SSSR count). The zero-order chi connectivity index (χ0) is 11.2. The minimum Gasteiger partial charge on any atom is -0.385 e. The van der Waals surface area contributed by atoms with Crippen molar-refractivity contribution < 1.29 is 4.74 Å². The standard InChI is InChI=1S/C14H21NO/c1-2-12-6-3-4-8-14(12)15-10-9-13-7-5-11-16-13/h3-4,6,8,13,15H,2,5,7,9-11H2,1H3. The second kappa shape index (κ2) is 5.90. The molecule has 1 N–H and O–H groups in total. The third kappa shape index (κ3) is 2.99. The van der Waals surface area contributed by atoms with Crippen LogP contribution in [0.15, 0.2) is 24.3 Å². The Bertz CT molecular complexity index is 318. The van der Waals surface area contributed by atoms with E-state index in [1.54, 1.807) is 0 Å². The van der Waals surface area contributed by atoms with Gasteiger partial charge in [-0.25, -0.2) is 0 Å². The van der Waals surface area contributed by atoms with Crippen LogP contribution in [0.3, 0.4) is 0 Å². The molecule has 2 heteroatoms. The molecule has 1 unspecified atom stereocenters. The zero-order valence-electron chi connectivity index (χ0n) is 10.0. The molecule has 0 amide bonds. The predicted octanol–water partition coefficient (Wildman–Crippen LogP) is 3.23. The van der Waals surface area contributed by atoms with Gasteiger partial charge in [-0.15, -0.1) is 0 Å². The molecule has 88 valence electrons. The van der Waals surface area contributed by atoms with E-state index in [-0.39, 0.29) is 0 Å². The number of hydrogen-bond donors (Lipinski definition) is 1. The van der Waals surface area contributed by atoms with Crippen LogP contribution in [-0.2, 0) is 11.2 Å². The molecule has 1 aromatic rings. The first-order chi connectivity index (χ1) is 7.90. The molecule has 1 aromatic carbocycles. The summed E-state index contributed by atoms with van der Waals surface area (Å²) in [5.41, 5.74) is 2.68. The Kier molecular flexibility index (Phi) is 4.23. The molecule has 1 heterocycles. The van der Waals surface area contributed by atoms with Gasteiger partial charge in [0.05, 0.1) is 6.10 Å². The molecule has 0 saturated carbocycles. The average Bonchev–Trinajstić information content (AvgIpc) is 2.83. The van der Waals surface area contributed by atoms with E-state index < -0.39 is 0 Å². The summed E-state index contributed by atoms with van der Waals surface area (Å²) in [5.74, 6) is 0. The molecule has 0 aliphatic carbocycles. The van der Waals surface area contributed by atoms with Crippen molar-refractivity contribution in [2.24, 2.45) is 0 Å². The smallest absolute Gasteiger partial charge is 0.0592 e. The summed E-state index contributed by atoms with van der Waals surface area (Å²) in [7, 11) is 0. The highest BCUT2D eigenvalue weighted by Gasteiger charge is 2.14. The van der Waals surface area contributed by atoms with Crippen LogP contribution in [0.2, 0.25) is 0 Å². The molecule has 16 heavy (non-hydrogen) atoms. The number of rotatable bonds is 5. The molecule has 1 atom stereocenters. The fourth-order valence-corrected chi connectivity index (χ4v) is 2.24. The molecule has 2 nitrogen and oxygen atoms in total. The van der Waals surface area contributed by atoms with Crippen molar-refractivity contribution in [3.05, 3.63) is 29.8 Å².